The zero-order valence-corrected chi connectivity index (χ0v) is 18.1. The Bertz CT molecular complexity index is 1280. The highest BCUT2D eigenvalue weighted by Crippen LogP contribution is 2.41. The Morgan fingerprint density at radius 3 is 2.15 bits per heavy atom. The van der Waals surface area contributed by atoms with E-state index in [1.54, 1.807) is 13.8 Å². The van der Waals surface area contributed by atoms with E-state index in [0.717, 1.165) is 12.1 Å². The molecule has 0 atom stereocenters. The van der Waals surface area contributed by atoms with E-state index in [1.165, 1.54) is 17.2 Å². The number of hydrogen-bond acceptors (Lipinski definition) is 3. The van der Waals surface area contributed by atoms with Crippen molar-refractivity contribution < 1.29 is 31.5 Å². The minimum atomic E-state index is -1.15. The zero-order valence-electron chi connectivity index (χ0n) is 18.1. The highest BCUT2D eigenvalue weighted by atomic mass is 19.2. The number of fused-ring (bicyclic) bond motifs is 1. The molecule has 10 heteroatoms. The van der Waals surface area contributed by atoms with Crippen molar-refractivity contribution in [1.29, 1.82) is 0 Å². The van der Waals surface area contributed by atoms with Crippen molar-refractivity contribution in [2.75, 3.05) is 4.90 Å². The summed E-state index contributed by atoms with van der Waals surface area (Å²) in [5.74, 6) is -6.10. The number of rotatable bonds is 5. The quantitative estimate of drug-likeness (QED) is 0.552. The Hall–Kier alpha value is -3.82. The molecular formula is C24H18F5N3O2. The Kier molecular flexibility index (Phi) is 5.84. The molecule has 2 aromatic carbocycles. The summed E-state index contributed by atoms with van der Waals surface area (Å²) in [4.78, 5) is 31.2. The lowest BCUT2D eigenvalue weighted by molar-refractivity contribution is -0.122. The summed E-state index contributed by atoms with van der Waals surface area (Å²) in [6.07, 6.45) is 1.21. The molecule has 3 aromatic rings. The maximum absolute atomic E-state index is 13.8. The van der Waals surface area contributed by atoms with Crippen LogP contribution < -0.4 is 10.2 Å². The summed E-state index contributed by atoms with van der Waals surface area (Å²) in [5.41, 5.74) is -0.756. The van der Waals surface area contributed by atoms with E-state index in [1.807, 2.05) is 0 Å². The van der Waals surface area contributed by atoms with Gasteiger partial charge in [-0.15, -0.1) is 0 Å². The molecule has 1 aliphatic heterocycles. The van der Waals surface area contributed by atoms with Gasteiger partial charge in [-0.25, -0.2) is 22.0 Å². The number of halogens is 5. The standard InChI is InChI=1S/C24H18F5N3O2/c1-24(2)21-20(32(23(24)34)11-12-3-14(25)6-15(26)4-12)5-13(9-30-21)22(33)31-10-17-18(28)7-16(27)8-19(17)29/h3-9H,10-11H2,1-2H3,(H,31,33). The molecule has 1 aromatic heterocycles. The molecule has 4 rings (SSSR count). The lowest BCUT2D eigenvalue weighted by atomic mass is 9.90. The molecule has 34 heavy (non-hydrogen) atoms. The molecule has 2 amide bonds. The van der Waals surface area contributed by atoms with Crippen LogP contribution >= 0.6 is 0 Å². The summed E-state index contributed by atoms with van der Waals surface area (Å²) >= 11 is 0. The first-order chi connectivity index (χ1) is 16.0. The second-order valence-corrected chi connectivity index (χ2v) is 8.42. The van der Waals surface area contributed by atoms with Gasteiger partial charge < -0.3 is 10.2 Å². The van der Waals surface area contributed by atoms with Crippen LogP contribution in [0.15, 0.2) is 42.6 Å². The van der Waals surface area contributed by atoms with Crippen LogP contribution in [0.3, 0.4) is 0 Å². The molecule has 1 N–H and O–H groups in total. The number of nitrogens with zero attached hydrogens (tertiary/aromatic N) is 2. The third kappa shape index (κ3) is 4.23. The third-order valence-electron chi connectivity index (χ3n) is 5.59. The average Bonchev–Trinajstić information content (AvgIpc) is 2.92. The van der Waals surface area contributed by atoms with Gasteiger partial charge in [0.25, 0.3) is 5.91 Å². The van der Waals surface area contributed by atoms with Crippen LogP contribution in [0.25, 0.3) is 0 Å². The maximum Gasteiger partial charge on any atom is 0.253 e. The van der Waals surface area contributed by atoms with Crippen molar-refractivity contribution in [3.8, 4) is 0 Å². The number of benzene rings is 2. The smallest absolute Gasteiger partial charge is 0.253 e. The number of amides is 2. The van der Waals surface area contributed by atoms with Crippen LogP contribution in [0.4, 0.5) is 27.6 Å². The molecule has 0 unspecified atom stereocenters. The second-order valence-electron chi connectivity index (χ2n) is 8.42. The van der Waals surface area contributed by atoms with E-state index in [-0.39, 0.29) is 29.3 Å². The number of nitrogens with one attached hydrogen (secondary N) is 1. The lowest BCUT2D eigenvalue weighted by Gasteiger charge is -2.20. The number of aromatic nitrogens is 1. The van der Waals surface area contributed by atoms with Crippen molar-refractivity contribution >= 4 is 17.5 Å². The summed E-state index contributed by atoms with van der Waals surface area (Å²) in [5, 5.41) is 2.33. The average molecular weight is 475 g/mol. The van der Waals surface area contributed by atoms with Crippen molar-refractivity contribution in [2.24, 2.45) is 0 Å². The predicted octanol–water partition coefficient (Wildman–Crippen LogP) is 4.53. The normalized spacial score (nSPS) is 14.3. The fraction of sp³-hybridized carbons (Fsp3) is 0.208. The Morgan fingerprint density at radius 2 is 1.53 bits per heavy atom. The fourth-order valence-electron chi connectivity index (χ4n) is 3.87. The molecule has 0 aliphatic carbocycles. The van der Waals surface area contributed by atoms with Crippen molar-refractivity contribution in [2.45, 2.75) is 32.4 Å². The maximum atomic E-state index is 13.8. The highest BCUT2D eigenvalue weighted by Gasteiger charge is 2.45. The van der Waals surface area contributed by atoms with Crippen LogP contribution in [0.5, 0.6) is 0 Å². The van der Waals surface area contributed by atoms with Gasteiger partial charge in [0, 0.05) is 36.5 Å². The van der Waals surface area contributed by atoms with Gasteiger partial charge in [-0.1, -0.05) is 0 Å². The first-order valence-electron chi connectivity index (χ1n) is 10.2. The molecule has 5 nitrogen and oxygen atoms in total. The summed E-state index contributed by atoms with van der Waals surface area (Å²) in [6.45, 7) is 2.55. The minimum Gasteiger partial charge on any atom is -0.348 e. The van der Waals surface area contributed by atoms with Gasteiger partial charge in [0.2, 0.25) is 5.91 Å². The number of pyridine rings is 1. The molecule has 2 heterocycles. The number of carbonyl (C=O) groups is 2. The molecule has 0 fully saturated rings. The van der Waals surface area contributed by atoms with Gasteiger partial charge in [-0.05, 0) is 37.6 Å². The monoisotopic (exact) mass is 475 g/mol. The summed E-state index contributed by atoms with van der Waals surface area (Å²) in [7, 11) is 0. The van der Waals surface area contributed by atoms with Crippen molar-refractivity contribution in [3.05, 3.63) is 94.1 Å². The summed E-state index contributed by atoms with van der Waals surface area (Å²) < 4.78 is 68.0. The van der Waals surface area contributed by atoms with Gasteiger partial charge in [0.1, 0.15) is 29.1 Å². The minimum absolute atomic E-state index is 0.0115. The molecule has 0 spiro atoms. The van der Waals surface area contributed by atoms with Crippen molar-refractivity contribution in [1.82, 2.24) is 10.3 Å². The molecule has 0 saturated carbocycles. The zero-order chi connectivity index (χ0) is 24.8. The second kappa shape index (κ2) is 8.51. The van der Waals surface area contributed by atoms with E-state index >= 15 is 0 Å². The SMILES string of the molecule is CC1(C)C(=O)N(Cc2cc(F)cc(F)c2)c2cc(C(=O)NCc3c(F)cc(F)cc3F)cnc21. The summed E-state index contributed by atoms with van der Waals surface area (Å²) in [6, 6.07) is 5.28. The number of anilines is 1. The number of carbonyl (C=O) groups excluding carboxylic acids is 2. The van der Waals surface area contributed by atoms with Crippen LogP contribution in [0.2, 0.25) is 0 Å². The van der Waals surface area contributed by atoms with E-state index < -0.39 is 52.5 Å². The van der Waals surface area contributed by atoms with E-state index in [2.05, 4.69) is 10.3 Å². The van der Waals surface area contributed by atoms with E-state index in [0.29, 0.717) is 23.9 Å². The predicted molar refractivity (Wildman–Crippen MR) is 112 cm³/mol. The van der Waals surface area contributed by atoms with Crippen LogP contribution in [-0.2, 0) is 23.3 Å². The highest BCUT2D eigenvalue weighted by molar-refractivity contribution is 6.08. The largest absolute Gasteiger partial charge is 0.348 e. The Morgan fingerprint density at radius 1 is 0.941 bits per heavy atom. The van der Waals surface area contributed by atoms with E-state index in [9.17, 15) is 31.5 Å². The Labute approximate surface area is 191 Å². The molecule has 176 valence electrons. The van der Waals surface area contributed by atoms with Crippen LogP contribution in [-0.4, -0.2) is 16.8 Å². The van der Waals surface area contributed by atoms with Crippen LogP contribution in [0, 0.1) is 29.1 Å². The first kappa shape index (κ1) is 23.3. The van der Waals surface area contributed by atoms with Gasteiger partial charge >= 0.3 is 0 Å². The molecule has 0 radical (unpaired) electrons. The lowest BCUT2D eigenvalue weighted by Crippen LogP contribution is -2.36. The van der Waals surface area contributed by atoms with Gasteiger partial charge in [0.15, 0.2) is 0 Å². The van der Waals surface area contributed by atoms with Crippen molar-refractivity contribution in [3.63, 3.8) is 0 Å². The molecule has 1 aliphatic rings. The van der Waals surface area contributed by atoms with Gasteiger partial charge in [-0.3, -0.25) is 14.6 Å². The van der Waals surface area contributed by atoms with Gasteiger partial charge in [-0.2, -0.15) is 0 Å². The van der Waals surface area contributed by atoms with E-state index in [4.69, 9.17) is 0 Å². The fourth-order valence-corrected chi connectivity index (χ4v) is 3.87. The first-order valence-corrected chi connectivity index (χ1v) is 10.2. The number of hydrogen-bond donors (Lipinski definition) is 1. The molecule has 0 bridgehead atoms. The topological polar surface area (TPSA) is 62.3 Å². The van der Waals surface area contributed by atoms with Crippen LogP contribution in [0.1, 0.15) is 41.0 Å². The molecular weight excluding hydrogens is 457 g/mol. The molecule has 0 saturated heterocycles. The van der Waals surface area contributed by atoms with Gasteiger partial charge in [0.05, 0.1) is 28.9 Å². The Balaban J connectivity index is 1.61. The third-order valence-corrected chi connectivity index (χ3v) is 5.59.